The smallest absolute Gasteiger partial charge is 0.0624 e. The van der Waals surface area contributed by atoms with Gasteiger partial charge in [0.05, 0.1) is 0 Å². The lowest BCUT2D eigenvalue weighted by Crippen LogP contribution is -2.71. The van der Waals surface area contributed by atoms with Gasteiger partial charge in [0.1, 0.15) is 0 Å². The van der Waals surface area contributed by atoms with Gasteiger partial charge in [0.25, 0.3) is 0 Å². The van der Waals surface area contributed by atoms with E-state index in [2.05, 4.69) is 152 Å². The molecule has 5 aromatic carbocycles. The van der Waals surface area contributed by atoms with Crippen LogP contribution in [0.1, 0.15) is 16.7 Å². The van der Waals surface area contributed by atoms with Gasteiger partial charge in [-0.05, 0) is 38.6 Å². The van der Waals surface area contributed by atoms with Gasteiger partial charge in [-0.15, -0.1) is 0 Å². The van der Waals surface area contributed by atoms with Crippen molar-refractivity contribution in [3.63, 3.8) is 0 Å². The molecule has 1 heteroatoms. The SMILES string of the molecule is c1ccc(C[C@H](c2ccccc2)[Si](c2ccccc2)(c2ccccc2)c2ccccc2)cc1. The van der Waals surface area contributed by atoms with E-state index < -0.39 is 8.07 Å². The Hall–Kier alpha value is -3.68. The Balaban J connectivity index is 1.86. The van der Waals surface area contributed by atoms with E-state index in [-0.39, 0.29) is 0 Å². The van der Waals surface area contributed by atoms with Crippen LogP contribution in [0.3, 0.4) is 0 Å². The van der Waals surface area contributed by atoms with Crippen LogP contribution < -0.4 is 15.6 Å². The van der Waals surface area contributed by atoms with E-state index in [1.54, 1.807) is 0 Å². The first-order chi connectivity index (χ1) is 16.4. The topological polar surface area (TPSA) is 0 Å². The summed E-state index contributed by atoms with van der Waals surface area (Å²) in [6.07, 6.45) is 0.996. The van der Waals surface area contributed by atoms with Gasteiger partial charge >= 0.3 is 0 Å². The third-order valence-electron chi connectivity index (χ3n) is 6.69. The van der Waals surface area contributed by atoms with E-state index in [1.807, 2.05) is 0 Å². The zero-order valence-electron chi connectivity index (χ0n) is 18.7. The Kier molecular flexibility index (Phi) is 6.32. The Bertz CT molecular complexity index is 1150. The molecule has 0 aliphatic carbocycles. The van der Waals surface area contributed by atoms with Gasteiger partial charge < -0.3 is 0 Å². The van der Waals surface area contributed by atoms with Crippen LogP contribution in [0.15, 0.2) is 152 Å². The molecular weight excluding hydrogens is 412 g/mol. The van der Waals surface area contributed by atoms with E-state index in [4.69, 9.17) is 0 Å². The van der Waals surface area contributed by atoms with Crippen LogP contribution in [0, 0.1) is 0 Å². The molecule has 0 nitrogen and oxygen atoms in total. The van der Waals surface area contributed by atoms with Crippen LogP contribution in [-0.4, -0.2) is 8.07 Å². The molecule has 0 aromatic heterocycles. The summed E-state index contributed by atoms with van der Waals surface area (Å²) >= 11 is 0. The lowest BCUT2D eigenvalue weighted by atomic mass is 10.0. The van der Waals surface area contributed by atoms with Crippen molar-refractivity contribution in [3.05, 3.63) is 163 Å². The lowest BCUT2D eigenvalue weighted by molar-refractivity contribution is 0.892. The first kappa shape index (κ1) is 21.2. The summed E-state index contributed by atoms with van der Waals surface area (Å²) in [5, 5.41) is 4.35. The summed E-state index contributed by atoms with van der Waals surface area (Å²) in [5.74, 6) is 0. The van der Waals surface area contributed by atoms with E-state index in [0.29, 0.717) is 5.54 Å². The predicted octanol–water partition coefficient (Wildman–Crippen LogP) is 5.72. The zero-order valence-corrected chi connectivity index (χ0v) is 19.7. The van der Waals surface area contributed by atoms with E-state index in [9.17, 15) is 0 Å². The van der Waals surface area contributed by atoms with Crippen LogP contribution >= 0.6 is 0 Å². The average Bonchev–Trinajstić information content (AvgIpc) is 2.91. The first-order valence-electron chi connectivity index (χ1n) is 11.6. The standard InChI is InChI=1S/C32H28Si/c1-6-16-27(17-7-1)26-32(28-18-8-2-9-19-28)33(29-20-10-3-11-21-29,30-22-12-4-13-23-30)31-24-14-5-15-25-31/h1-25,32H,26H2/t32-/m1/s1. The van der Waals surface area contributed by atoms with Gasteiger partial charge in [-0.2, -0.15) is 0 Å². The van der Waals surface area contributed by atoms with E-state index in [0.717, 1.165) is 6.42 Å². The second-order valence-electron chi connectivity index (χ2n) is 8.56. The molecule has 160 valence electrons. The maximum absolute atomic E-state index is 2.48. The van der Waals surface area contributed by atoms with Crippen molar-refractivity contribution >= 4 is 23.6 Å². The van der Waals surface area contributed by atoms with Crippen molar-refractivity contribution in [3.8, 4) is 0 Å². The zero-order chi connectivity index (χ0) is 22.3. The van der Waals surface area contributed by atoms with Gasteiger partial charge in [0.2, 0.25) is 0 Å². The van der Waals surface area contributed by atoms with E-state index >= 15 is 0 Å². The quantitative estimate of drug-likeness (QED) is 0.224. The summed E-state index contributed by atoms with van der Waals surface area (Å²) in [5.41, 5.74) is 3.13. The largest absolute Gasteiger partial charge is 0.155 e. The molecule has 0 saturated carbocycles. The molecule has 5 aromatic rings. The highest BCUT2D eigenvalue weighted by atomic mass is 28.3. The van der Waals surface area contributed by atoms with E-state index in [1.165, 1.54) is 26.7 Å². The van der Waals surface area contributed by atoms with Gasteiger partial charge in [-0.1, -0.05) is 152 Å². The van der Waals surface area contributed by atoms with Crippen molar-refractivity contribution < 1.29 is 0 Å². The molecule has 0 aliphatic rings. The molecule has 5 rings (SSSR count). The van der Waals surface area contributed by atoms with Gasteiger partial charge in [-0.25, -0.2) is 0 Å². The molecule has 0 aliphatic heterocycles. The summed E-state index contributed by atoms with van der Waals surface area (Å²) < 4.78 is 0. The Morgan fingerprint density at radius 1 is 0.394 bits per heavy atom. The lowest BCUT2D eigenvalue weighted by Gasteiger charge is -2.41. The van der Waals surface area contributed by atoms with Crippen molar-refractivity contribution in [2.45, 2.75) is 12.0 Å². The third-order valence-corrected chi connectivity index (χ3v) is 12.0. The van der Waals surface area contributed by atoms with Crippen LogP contribution in [-0.2, 0) is 6.42 Å². The number of benzene rings is 5. The van der Waals surface area contributed by atoms with Crippen molar-refractivity contribution in [1.82, 2.24) is 0 Å². The fraction of sp³-hybridized carbons (Fsp3) is 0.0625. The van der Waals surface area contributed by atoms with Gasteiger partial charge in [-0.3, -0.25) is 0 Å². The second kappa shape index (κ2) is 9.85. The van der Waals surface area contributed by atoms with Crippen molar-refractivity contribution in [2.75, 3.05) is 0 Å². The fourth-order valence-electron chi connectivity index (χ4n) is 5.26. The predicted molar refractivity (Wildman–Crippen MR) is 143 cm³/mol. The normalized spacial score (nSPS) is 12.2. The maximum atomic E-state index is 2.35. The number of hydrogen-bond donors (Lipinski definition) is 0. The molecule has 0 saturated heterocycles. The van der Waals surface area contributed by atoms with Gasteiger partial charge in [0.15, 0.2) is 8.07 Å². The number of hydrogen-bond acceptors (Lipinski definition) is 0. The fourth-order valence-corrected chi connectivity index (χ4v) is 10.9. The molecule has 0 radical (unpaired) electrons. The highest BCUT2D eigenvalue weighted by molar-refractivity contribution is 7.12. The Morgan fingerprint density at radius 3 is 1.12 bits per heavy atom. The molecule has 0 bridgehead atoms. The van der Waals surface area contributed by atoms with Crippen LogP contribution in [0.25, 0.3) is 0 Å². The Morgan fingerprint density at radius 2 is 0.727 bits per heavy atom. The first-order valence-corrected chi connectivity index (χ1v) is 13.7. The number of rotatable bonds is 7. The van der Waals surface area contributed by atoms with Crippen LogP contribution in [0.2, 0.25) is 0 Å². The van der Waals surface area contributed by atoms with Crippen molar-refractivity contribution in [2.24, 2.45) is 0 Å². The summed E-state index contributed by atoms with van der Waals surface area (Å²) in [6, 6.07) is 55.9. The van der Waals surface area contributed by atoms with Gasteiger partial charge in [0, 0.05) is 0 Å². The molecule has 0 heterocycles. The van der Waals surface area contributed by atoms with Crippen molar-refractivity contribution in [1.29, 1.82) is 0 Å². The highest BCUT2D eigenvalue weighted by Crippen LogP contribution is 2.31. The summed E-state index contributed by atoms with van der Waals surface area (Å²) in [6.45, 7) is 0. The van der Waals surface area contributed by atoms with Crippen LogP contribution in [0.5, 0.6) is 0 Å². The molecule has 0 spiro atoms. The summed E-state index contributed by atoms with van der Waals surface area (Å²) in [4.78, 5) is 0. The highest BCUT2D eigenvalue weighted by Gasteiger charge is 2.46. The molecule has 0 amide bonds. The monoisotopic (exact) mass is 440 g/mol. The second-order valence-corrected chi connectivity index (χ2v) is 12.6. The minimum absolute atomic E-state index is 0.341. The molecule has 0 N–H and O–H groups in total. The average molecular weight is 441 g/mol. The minimum Gasteiger partial charge on any atom is -0.0624 e. The molecule has 33 heavy (non-hydrogen) atoms. The van der Waals surface area contributed by atoms with Crippen LogP contribution in [0.4, 0.5) is 0 Å². The maximum Gasteiger partial charge on any atom is 0.155 e. The molecule has 0 fully saturated rings. The Labute approximate surface area is 198 Å². The minimum atomic E-state index is -2.48. The summed E-state index contributed by atoms with van der Waals surface area (Å²) in [7, 11) is -2.48. The molecular formula is C32H28Si. The molecule has 1 atom stereocenters. The third kappa shape index (κ3) is 4.20. The molecule has 0 unspecified atom stereocenters.